The van der Waals surface area contributed by atoms with Gasteiger partial charge in [0.15, 0.2) is 5.12 Å². The number of rotatable bonds is 2. The van der Waals surface area contributed by atoms with Gasteiger partial charge < -0.3 is 0 Å². The molecular weight excluding hydrogens is 206 g/mol. The van der Waals surface area contributed by atoms with Crippen LogP contribution in [0.1, 0.15) is 18.5 Å². The third kappa shape index (κ3) is 2.02. The summed E-state index contributed by atoms with van der Waals surface area (Å²) in [6.45, 7) is 1.81. The number of carbonyl (C=O) groups is 1. The van der Waals surface area contributed by atoms with Crippen molar-refractivity contribution in [1.29, 1.82) is 0 Å². The number of thiol groups is 1. The lowest BCUT2D eigenvalue weighted by molar-refractivity contribution is -0.111. The topological polar surface area (TPSA) is 30.0 Å². The molecule has 1 heterocycles. The second-order valence-electron chi connectivity index (χ2n) is 3.49. The van der Waals surface area contributed by atoms with Gasteiger partial charge in [0.2, 0.25) is 0 Å². The van der Waals surface area contributed by atoms with Crippen LogP contribution >= 0.6 is 12.6 Å². The fourth-order valence-corrected chi connectivity index (χ4v) is 1.58. The van der Waals surface area contributed by atoms with E-state index >= 15 is 0 Å². The lowest BCUT2D eigenvalue weighted by Crippen LogP contribution is -2.04. The van der Waals surface area contributed by atoms with E-state index in [0.29, 0.717) is 0 Å². The summed E-state index contributed by atoms with van der Waals surface area (Å²) in [6.07, 6.45) is 0. The molecule has 0 saturated carbocycles. The Kier molecular flexibility index (Phi) is 2.73. The summed E-state index contributed by atoms with van der Waals surface area (Å²) in [5.41, 5.74) is 1.69. The first-order chi connectivity index (χ1) is 7.18. The molecule has 1 unspecified atom stereocenters. The molecule has 0 radical (unpaired) electrons. The molecule has 0 aliphatic rings. The highest BCUT2D eigenvalue weighted by Gasteiger charge is 2.12. The van der Waals surface area contributed by atoms with Gasteiger partial charge in [-0.25, -0.2) is 0 Å². The van der Waals surface area contributed by atoms with Gasteiger partial charge in [-0.3, -0.25) is 9.78 Å². The lowest BCUT2D eigenvalue weighted by atomic mass is 10.1. The van der Waals surface area contributed by atoms with Gasteiger partial charge in [-0.2, -0.15) is 0 Å². The molecule has 0 bridgehead atoms. The molecule has 1 aromatic heterocycles. The maximum absolute atomic E-state index is 11.1. The summed E-state index contributed by atoms with van der Waals surface area (Å²) in [7, 11) is 0. The lowest BCUT2D eigenvalue weighted by Gasteiger charge is -2.07. The van der Waals surface area contributed by atoms with Gasteiger partial charge in [-0.05, 0) is 19.1 Å². The molecule has 0 saturated heterocycles. The van der Waals surface area contributed by atoms with Crippen molar-refractivity contribution < 1.29 is 4.79 Å². The second-order valence-corrected chi connectivity index (χ2v) is 3.93. The number of hydrogen-bond donors (Lipinski definition) is 1. The molecule has 0 N–H and O–H groups in total. The molecule has 2 aromatic rings. The predicted molar refractivity (Wildman–Crippen MR) is 64.2 cm³/mol. The number of pyridine rings is 1. The number of nitrogens with zero attached hydrogens (tertiary/aromatic N) is 1. The molecular formula is C12H11NOS. The Bertz CT molecular complexity index is 510. The van der Waals surface area contributed by atoms with Crippen LogP contribution in [0.25, 0.3) is 10.9 Å². The molecule has 0 fully saturated rings. The number of fused-ring (bicyclic) bond motifs is 1. The van der Waals surface area contributed by atoms with Crippen LogP contribution in [-0.4, -0.2) is 10.1 Å². The Morgan fingerprint density at radius 2 is 2.00 bits per heavy atom. The van der Waals surface area contributed by atoms with Gasteiger partial charge in [0, 0.05) is 5.39 Å². The average molecular weight is 217 g/mol. The molecule has 1 aromatic carbocycles. The quantitative estimate of drug-likeness (QED) is 0.784. The first-order valence-corrected chi connectivity index (χ1v) is 5.21. The van der Waals surface area contributed by atoms with Gasteiger partial charge in [-0.1, -0.05) is 24.3 Å². The normalized spacial score (nSPS) is 12.7. The first kappa shape index (κ1) is 10.2. The Hall–Kier alpha value is -1.35. The SMILES string of the molecule is CC(C(=O)S)c1ccc2ccccc2n1. The highest BCUT2D eigenvalue weighted by Crippen LogP contribution is 2.19. The van der Waals surface area contributed by atoms with Crippen molar-refractivity contribution in [3.8, 4) is 0 Å². The first-order valence-electron chi connectivity index (χ1n) is 4.77. The predicted octanol–water partition coefficient (Wildman–Crippen LogP) is 2.79. The van der Waals surface area contributed by atoms with Crippen molar-refractivity contribution in [2.24, 2.45) is 0 Å². The van der Waals surface area contributed by atoms with Crippen molar-refractivity contribution >= 4 is 28.6 Å². The fraction of sp³-hybridized carbons (Fsp3) is 0.167. The molecule has 3 heteroatoms. The van der Waals surface area contributed by atoms with E-state index in [9.17, 15) is 4.79 Å². The zero-order valence-corrected chi connectivity index (χ0v) is 9.24. The highest BCUT2D eigenvalue weighted by atomic mass is 32.1. The summed E-state index contributed by atoms with van der Waals surface area (Å²) < 4.78 is 0. The standard InChI is InChI=1S/C12H11NOS/c1-8(12(14)15)10-7-6-9-4-2-3-5-11(9)13-10/h2-8H,1H3,(H,14,15). The Morgan fingerprint density at radius 1 is 1.27 bits per heavy atom. The van der Waals surface area contributed by atoms with Crippen LogP contribution in [0.3, 0.4) is 0 Å². The fourth-order valence-electron chi connectivity index (χ4n) is 1.45. The summed E-state index contributed by atoms with van der Waals surface area (Å²) in [5, 5.41) is 0.929. The summed E-state index contributed by atoms with van der Waals surface area (Å²) in [5.74, 6) is -0.252. The van der Waals surface area contributed by atoms with E-state index in [2.05, 4.69) is 17.6 Å². The largest absolute Gasteiger partial charge is 0.287 e. The van der Waals surface area contributed by atoms with Gasteiger partial charge >= 0.3 is 0 Å². The zero-order valence-electron chi connectivity index (χ0n) is 8.34. The van der Waals surface area contributed by atoms with E-state index in [-0.39, 0.29) is 11.0 Å². The van der Waals surface area contributed by atoms with Crippen LogP contribution in [0.15, 0.2) is 36.4 Å². The van der Waals surface area contributed by atoms with Crippen LogP contribution in [0.2, 0.25) is 0 Å². The summed E-state index contributed by atoms with van der Waals surface area (Å²) in [6, 6.07) is 11.7. The zero-order chi connectivity index (χ0) is 10.8. The molecule has 1 atom stereocenters. The monoisotopic (exact) mass is 217 g/mol. The van der Waals surface area contributed by atoms with Gasteiger partial charge in [-0.15, -0.1) is 12.6 Å². The smallest absolute Gasteiger partial charge is 0.194 e. The molecule has 2 nitrogen and oxygen atoms in total. The molecule has 0 spiro atoms. The number of aromatic nitrogens is 1. The van der Waals surface area contributed by atoms with Crippen molar-refractivity contribution in [1.82, 2.24) is 4.98 Å². The van der Waals surface area contributed by atoms with Crippen molar-refractivity contribution in [3.05, 3.63) is 42.1 Å². The van der Waals surface area contributed by atoms with Crippen molar-refractivity contribution in [2.75, 3.05) is 0 Å². The van der Waals surface area contributed by atoms with Crippen LogP contribution in [0, 0.1) is 0 Å². The number of hydrogen-bond acceptors (Lipinski definition) is 2. The van der Waals surface area contributed by atoms with Crippen LogP contribution < -0.4 is 0 Å². The van der Waals surface area contributed by atoms with E-state index < -0.39 is 0 Å². The number of carbonyl (C=O) groups excluding carboxylic acids is 1. The van der Waals surface area contributed by atoms with E-state index in [0.717, 1.165) is 16.6 Å². The van der Waals surface area contributed by atoms with Crippen LogP contribution in [0.5, 0.6) is 0 Å². The Balaban J connectivity index is 2.51. The highest BCUT2D eigenvalue weighted by molar-refractivity contribution is 7.96. The van der Waals surface area contributed by atoms with Gasteiger partial charge in [0.1, 0.15) is 0 Å². The Morgan fingerprint density at radius 3 is 2.73 bits per heavy atom. The molecule has 15 heavy (non-hydrogen) atoms. The minimum atomic E-state index is -0.252. The second kappa shape index (κ2) is 4.03. The van der Waals surface area contributed by atoms with Gasteiger partial charge in [0.25, 0.3) is 0 Å². The maximum atomic E-state index is 11.1. The minimum Gasteiger partial charge on any atom is -0.287 e. The van der Waals surface area contributed by atoms with Crippen LogP contribution in [-0.2, 0) is 4.79 Å². The molecule has 0 amide bonds. The molecule has 0 aliphatic heterocycles. The average Bonchev–Trinajstić information content (AvgIpc) is 2.27. The number of para-hydroxylation sites is 1. The number of benzene rings is 1. The van der Waals surface area contributed by atoms with Crippen molar-refractivity contribution in [3.63, 3.8) is 0 Å². The third-order valence-corrected chi connectivity index (χ3v) is 2.82. The van der Waals surface area contributed by atoms with Crippen LogP contribution in [0.4, 0.5) is 0 Å². The minimum absolute atomic E-state index is 0.155. The van der Waals surface area contributed by atoms with E-state index in [1.54, 1.807) is 0 Å². The Labute approximate surface area is 93.7 Å². The van der Waals surface area contributed by atoms with Gasteiger partial charge in [0.05, 0.1) is 17.1 Å². The summed E-state index contributed by atoms with van der Waals surface area (Å²) >= 11 is 3.82. The van der Waals surface area contributed by atoms with Crippen molar-refractivity contribution in [2.45, 2.75) is 12.8 Å². The van der Waals surface area contributed by atoms with E-state index in [1.807, 2.05) is 43.3 Å². The molecule has 76 valence electrons. The molecule has 2 rings (SSSR count). The van der Waals surface area contributed by atoms with E-state index in [1.165, 1.54) is 0 Å². The third-order valence-electron chi connectivity index (χ3n) is 2.43. The molecule has 0 aliphatic carbocycles. The maximum Gasteiger partial charge on any atom is 0.194 e. The van der Waals surface area contributed by atoms with E-state index in [4.69, 9.17) is 0 Å². The summed E-state index contributed by atoms with van der Waals surface area (Å²) in [4.78, 5) is 15.5.